The lowest BCUT2D eigenvalue weighted by Crippen LogP contribution is -2.58. The van der Waals surface area contributed by atoms with Crippen LogP contribution in [0, 0.1) is 5.82 Å². The number of methoxy groups -OCH3 is 1. The molecule has 202 valence electrons. The van der Waals surface area contributed by atoms with Crippen LogP contribution in [0.2, 0.25) is 0 Å². The molecule has 3 amide bonds. The molecule has 3 heterocycles. The van der Waals surface area contributed by atoms with Crippen molar-refractivity contribution in [1.82, 2.24) is 20.5 Å². The SMILES string of the molecule is COc1ccc2cc1OCC(=O)N[C@@H]1CN(C(=O)c3cccnc3)CC[C@@H]1Oc1cc(F)cc(c1)CNC2=O. The summed E-state index contributed by atoms with van der Waals surface area (Å²) in [6.07, 6.45) is 2.91. The fourth-order valence-electron chi connectivity index (χ4n) is 4.64. The molecule has 2 atom stereocenters. The summed E-state index contributed by atoms with van der Waals surface area (Å²) < 4.78 is 31.7. The van der Waals surface area contributed by atoms with Crippen molar-refractivity contribution in [3.63, 3.8) is 0 Å². The number of likely N-dealkylation sites (tertiary alicyclic amines) is 1. The van der Waals surface area contributed by atoms with Crippen LogP contribution in [-0.4, -0.2) is 66.6 Å². The van der Waals surface area contributed by atoms with Crippen molar-refractivity contribution < 1.29 is 33.0 Å². The van der Waals surface area contributed by atoms with E-state index in [9.17, 15) is 18.8 Å². The molecule has 1 fully saturated rings. The number of pyridine rings is 1. The van der Waals surface area contributed by atoms with Crippen LogP contribution in [0.25, 0.3) is 0 Å². The van der Waals surface area contributed by atoms with Gasteiger partial charge in [-0.05, 0) is 48.0 Å². The van der Waals surface area contributed by atoms with E-state index >= 15 is 0 Å². The van der Waals surface area contributed by atoms with Crippen LogP contribution in [0.4, 0.5) is 4.39 Å². The number of amides is 3. The molecule has 0 radical (unpaired) electrons. The van der Waals surface area contributed by atoms with Crippen molar-refractivity contribution in [3.8, 4) is 17.2 Å². The molecule has 11 heteroatoms. The molecule has 2 aliphatic heterocycles. The van der Waals surface area contributed by atoms with Crippen molar-refractivity contribution in [2.45, 2.75) is 25.1 Å². The second kappa shape index (κ2) is 11.4. The monoisotopic (exact) mass is 534 g/mol. The summed E-state index contributed by atoms with van der Waals surface area (Å²) >= 11 is 0. The smallest absolute Gasteiger partial charge is 0.258 e. The second-order valence-corrected chi connectivity index (χ2v) is 9.24. The van der Waals surface area contributed by atoms with Gasteiger partial charge in [0.25, 0.3) is 17.7 Å². The molecule has 0 saturated carbocycles. The molecule has 0 unspecified atom stereocenters. The maximum atomic E-state index is 14.5. The Morgan fingerprint density at radius 3 is 2.85 bits per heavy atom. The van der Waals surface area contributed by atoms with Crippen LogP contribution in [0.15, 0.2) is 60.9 Å². The van der Waals surface area contributed by atoms with E-state index in [1.165, 1.54) is 31.5 Å². The Bertz CT molecular complexity index is 1390. The predicted octanol–water partition coefficient (Wildman–Crippen LogP) is 2.33. The summed E-state index contributed by atoms with van der Waals surface area (Å²) in [5, 5.41) is 5.66. The Morgan fingerprint density at radius 1 is 1.18 bits per heavy atom. The number of hydrogen-bond donors (Lipinski definition) is 2. The minimum Gasteiger partial charge on any atom is -0.493 e. The molecular formula is C28H27FN4O6. The Labute approximate surface area is 224 Å². The quantitative estimate of drug-likeness (QED) is 0.518. The molecule has 4 bridgehead atoms. The topological polar surface area (TPSA) is 119 Å². The van der Waals surface area contributed by atoms with E-state index in [4.69, 9.17) is 14.2 Å². The number of carbonyl (C=O) groups is 3. The van der Waals surface area contributed by atoms with E-state index in [-0.39, 0.29) is 42.7 Å². The van der Waals surface area contributed by atoms with E-state index in [1.54, 1.807) is 41.4 Å². The van der Waals surface area contributed by atoms with Gasteiger partial charge in [0.15, 0.2) is 18.1 Å². The zero-order valence-electron chi connectivity index (χ0n) is 21.2. The highest BCUT2D eigenvalue weighted by Crippen LogP contribution is 2.29. The number of aromatic nitrogens is 1. The number of fused-ring (bicyclic) bond motifs is 5. The van der Waals surface area contributed by atoms with Crippen molar-refractivity contribution >= 4 is 17.7 Å². The Kier molecular flexibility index (Phi) is 7.57. The molecule has 2 aliphatic rings. The fourth-order valence-corrected chi connectivity index (χ4v) is 4.64. The first-order valence-corrected chi connectivity index (χ1v) is 12.4. The number of hydrogen-bond acceptors (Lipinski definition) is 7. The average Bonchev–Trinajstić information content (AvgIpc) is 2.95. The molecule has 39 heavy (non-hydrogen) atoms. The van der Waals surface area contributed by atoms with Crippen LogP contribution in [-0.2, 0) is 11.3 Å². The summed E-state index contributed by atoms with van der Waals surface area (Å²) in [7, 11) is 1.45. The van der Waals surface area contributed by atoms with Crippen LogP contribution in [0.1, 0.15) is 32.7 Å². The van der Waals surface area contributed by atoms with E-state index < -0.39 is 29.8 Å². The van der Waals surface area contributed by atoms with Crippen LogP contribution in [0.5, 0.6) is 17.2 Å². The molecule has 5 rings (SSSR count). The second-order valence-electron chi connectivity index (χ2n) is 9.24. The van der Waals surface area contributed by atoms with Gasteiger partial charge in [-0.15, -0.1) is 0 Å². The standard InChI is InChI=1S/C28H27FN4O6/c1-37-24-5-4-18-11-25(24)38-16-26(34)32-22-15-33(28(36)19-3-2-7-30-14-19)8-6-23(22)39-21-10-17(9-20(29)12-21)13-31-27(18)35/h2-5,7,9-12,14,22-23H,6,8,13,15-16H2,1H3,(H,31,35)(H,32,34)/t22-,23+/m1/s1. The zero-order valence-corrected chi connectivity index (χ0v) is 21.2. The first kappa shape index (κ1) is 26.0. The van der Waals surface area contributed by atoms with E-state index in [0.717, 1.165) is 0 Å². The fraction of sp³-hybridized carbons (Fsp3) is 0.286. The number of nitrogens with zero attached hydrogens (tertiary/aromatic N) is 2. The third kappa shape index (κ3) is 6.08. The lowest BCUT2D eigenvalue weighted by molar-refractivity contribution is -0.125. The van der Waals surface area contributed by atoms with Crippen molar-refractivity contribution in [1.29, 1.82) is 0 Å². The van der Waals surface area contributed by atoms with E-state index in [2.05, 4.69) is 15.6 Å². The van der Waals surface area contributed by atoms with Crippen molar-refractivity contribution in [2.75, 3.05) is 26.8 Å². The number of halogens is 1. The largest absolute Gasteiger partial charge is 0.493 e. The van der Waals surface area contributed by atoms with Gasteiger partial charge in [-0.1, -0.05) is 0 Å². The third-order valence-electron chi connectivity index (χ3n) is 6.55. The molecule has 2 N–H and O–H groups in total. The molecule has 1 aromatic heterocycles. The molecule has 10 nitrogen and oxygen atoms in total. The van der Waals surface area contributed by atoms with Gasteiger partial charge in [0.05, 0.1) is 18.7 Å². The van der Waals surface area contributed by atoms with Gasteiger partial charge in [0, 0.05) is 50.1 Å². The number of rotatable bonds is 2. The molecular weight excluding hydrogens is 507 g/mol. The first-order chi connectivity index (χ1) is 18.9. The number of carbonyl (C=O) groups excluding carboxylic acids is 3. The van der Waals surface area contributed by atoms with Gasteiger partial charge in [0.2, 0.25) is 0 Å². The maximum Gasteiger partial charge on any atom is 0.258 e. The molecule has 1 saturated heterocycles. The number of ether oxygens (including phenoxy) is 3. The van der Waals surface area contributed by atoms with E-state index in [1.807, 2.05) is 0 Å². The van der Waals surface area contributed by atoms with Gasteiger partial charge in [-0.3, -0.25) is 19.4 Å². The predicted molar refractivity (Wildman–Crippen MR) is 137 cm³/mol. The lowest BCUT2D eigenvalue weighted by atomic mass is 10.0. The summed E-state index contributed by atoms with van der Waals surface area (Å²) in [5.74, 6) is -0.796. The van der Waals surface area contributed by atoms with Crippen LogP contribution < -0.4 is 24.8 Å². The Hall–Kier alpha value is -4.67. The summed E-state index contributed by atoms with van der Waals surface area (Å²) in [5.41, 5.74) is 1.21. The maximum absolute atomic E-state index is 14.5. The number of benzene rings is 2. The molecule has 2 aromatic carbocycles. The van der Waals surface area contributed by atoms with Gasteiger partial charge in [-0.25, -0.2) is 4.39 Å². The minimum atomic E-state index is -0.608. The molecule has 0 aliphatic carbocycles. The number of piperidine rings is 1. The van der Waals surface area contributed by atoms with E-state index in [0.29, 0.717) is 29.8 Å². The van der Waals surface area contributed by atoms with Gasteiger partial charge >= 0.3 is 0 Å². The van der Waals surface area contributed by atoms with Crippen LogP contribution in [0.3, 0.4) is 0 Å². The zero-order chi connectivity index (χ0) is 27.4. The molecule has 0 spiro atoms. The minimum absolute atomic E-state index is 0.0629. The summed E-state index contributed by atoms with van der Waals surface area (Å²) in [4.78, 5) is 44.4. The summed E-state index contributed by atoms with van der Waals surface area (Å²) in [6.45, 7) is 0.226. The Morgan fingerprint density at radius 2 is 2.05 bits per heavy atom. The lowest BCUT2D eigenvalue weighted by Gasteiger charge is -2.39. The highest BCUT2D eigenvalue weighted by molar-refractivity contribution is 5.95. The highest BCUT2D eigenvalue weighted by atomic mass is 19.1. The number of nitrogens with one attached hydrogen (secondary N) is 2. The first-order valence-electron chi connectivity index (χ1n) is 12.4. The van der Waals surface area contributed by atoms with Gasteiger partial charge < -0.3 is 29.7 Å². The van der Waals surface area contributed by atoms with Gasteiger partial charge in [0.1, 0.15) is 17.7 Å². The Balaban J connectivity index is 1.44. The van der Waals surface area contributed by atoms with Crippen molar-refractivity contribution in [3.05, 3.63) is 83.4 Å². The average molecular weight is 535 g/mol. The molecule has 3 aromatic rings. The highest BCUT2D eigenvalue weighted by Gasteiger charge is 2.35. The summed E-state index contributed by atoms with van der Waals surface area (Å²) in [6, 6.07) is 11.6. The van der Waals surface area contributed by atoms with Crippen molar-refractivity contribution in [2.24, 2.45) is 0 Å². The third-order valence-corrected chi connectivity index (χ3v) is 6.55. The van der Waals surface area contributed by atoms with Crippen LogP contribution >= 0.6 is 0 Å². The normalized spacial score (nSPS) is 19.5. The van der Waals surface area contributed by atoms with Gasteiger partial charge in [-0.2, -0.15) is 0 Å².